The maximum atomic E-state index is 12.6. The van der Waals surface area contributed by atoms with Gasteiger partial charge in [0, 0.05) is 24.2 Å². The lowest BCUT2D eigenvalue weighted by Gasteiger charge is -2.11. The van der Waals surface area contributed by atoms with Gasteiger partial charge in [-0.1, -0.05) is 18.2 Å². The summed E-state index contributed by atoms with van der Waals surface area (Å²) in [5.41, 5.74) is 2.26. The predicted octanol–water partition coefficient (Wildman–Crippen LogP) is 3.33. The van der Waals surface area contributed by atoms with Gasteiger partial charge in [-0.15, -0.1) is 0 Å². The lowest BCUT2D eigenvalue weighted by atomic mass is 10.1. The Kier molecular flexibility index (Phi) is 5.34. The molecule has 0 bridgehead atoms. The number of ether oxygens (including phenoxy) is 2. The SMILES string of the molecule is CCOc1ccccc1C(=O)Nc1ccc2c(COC)cc(=O)[nH]c2c1. The number of fused-ring (bicyclic) bond motifs is 1. The molecule has 134 valence electrons. The fourth-order valence-corrected chi connectivity index (χ4v) is 2.82. The van der Waals surface area contributed by atoms with Crippen LogP contribution in [0, 0.1) is 0 Å². The minimum Gasteiger partial charge on any atom is -0.493 e. The Labute approximate surface area is 150 Å². The van der Waals surface area contributed by atoms with Gasteiger partial charge >= 0.3 is 0 Å². The summed E-state index contributed by atoms with van der Waals surface area (Å²) in [7, 11) is 1.58. The number of para-hydroxylation sites is 1. The topological polar surface area (TPSA) is 80.4 Å². The highest BCUT2D eigenvalue weighted by Gasteiger charge is 2.13. The van der Waals surface area contributed by atoms with Crippen molar-refractivity contribution in [2.24, 2.45) is 0 Å². The maximum Gasteiger partial charge on any atom is 0.259 e. The number of nitrogens with one attached hydrogen (secondary N) is 2. The molecule has 6 nitrogen and oxygen atoms in total. The Balaban J connectivity index is 1.92. The molecule has 1 amide bonds. The monoisotopic (exact) mass is 352 g/mol. The van der Waals surface area contributed by atoms with Crippen molar-refractivity contribution in [2.75, 3.05) is 19.0 Å². The number of methoxy groups -OCH3 is 1. The quantitative estimate of drug-likeness (QED) is 0.713. The number of rotatable bonds is 6. The zero-order valence-electron chi connectivity index (χ0n) is 14.7. The molecule has 0 radical (unpaired) electrons. The van der Waals surface area contributed by atoms with Crippen LogP contribution in [0.1, 0.15) is 22.8 Å². The first-order chi connectivity index (χ1) is 12.6. The lowest BCUT2D eigenvalue weighted by molar-refractivity contribution is 0.102. The largest absolute Gasteiger partial charge is 0.493 e. The Morgan fingerprint density at radius 2 is 1.96 bits per heavy atom. The van der Waals surface area contributed by atoms with Crippen LogP contribution >= 0.6 is 0 Å². The van der Waals surface area contributed by atoms with Crippen LogP contribution in [0.25, 0.3) is 10.9 Å². The van der Waals surface area contributed by atoms with E-state index in [-0.39, 0.29) is 11.5 Å². The number of benzene rings is 2. The van der Waals surface area contributed by atoms with Crippen molar-refractivity contribution in [1.82, 2.24) is 4.98 Å². The van der Waals surface area contributed by atoms with Gasteiger partial charge in [0.25, 0.3) is 5.91 Å². The van der Waals surface area contributed by atoms with E-state index in [4.69, 9.17) is 9.47 Å². The Bertz CT molecular complexity index is 995. The number of carbonyl (C=O) groups excluding carboxylic acids is 1. The molecule has 0 aliphatic heterocycles. The van der Waals surface area contributed by atoms with Crippen molar-refractivity contribution < 1.29 is 14.3 Å². The van der Waals surface area contributed by atoms with Gasteiger partial charge in [-0.3, -0.25) is 9.59 Å². The van der Waals surface area contributed by atoms with Gasteiger partial charge in [0.15, 0.2) is 0 Å². The fraction of sp³-hybridized carbons (Fsp3) is 0.200. The molecule has 0 aliphatic rings. The highest BCUT2D eigenvalue weighted by Crippen LogP contribution is 2.23. The second-order valence-electron chi connectivity index (χ2n) is 5.74. The Morgan fingerprint density at radius 1 is 1.15 bits per heavy atom. The molecule has 2 aromatic carbocycles. The second kappa shape index (κ2) is 7.84. The van der Waals surface area contributed by atoms with Crippen LogP contribution in [0.2, 0.25) is 0 Å². The van der Waals surface area contributed by atoms with Crippen molar-refractivity contribution in [3.8, 4) is 5.75 Å². The number of amides is 1. The summed E-state index contributed by atoms with van der Waals surface area (Å²) in [6.07, 6.45) is 0. The minimum absolute atomic E-state index is 0.213. The average Bonchev–Trinajstić information content (AvgIpc) is 2.62. The molecule has 1 heterocycles. The number of H-pyrrole nitrogens is 1. The molecule has 6 heteroatoms. The van der Waals surface area contributed by atoms with Crippen molar-refractivity contribution in [3.63, 3.8) is 0 Å². The minimum atomic E-state index is -0.274. The van der Waals surface area contributed by atoms with Gasteiger partial charge in [0.1, 0.15) is 5.75 Å². The molecule has 0 atom stereocenters. The number of anilines is 1. The van der Waals surface area contributed by atoms with E-state index in [1.165, 1.54) is 6.07 Å². The number of pyridine rings is 1. The van der Waals surface area contributed by atoms with Crippen LogP contribution in [0.15, 0.2) is 53.3 Å². The number of hydrogen-bond donors (Lipinski definition) is 2. The van der Waals surface area contributed by atoms with Crippen molar-refractivity contribution in [3.05, 3.63) is 70.0 Å². The van der Waals surface area contributed by atoms with Gasteiger partial charge in [-0.2, -0.15) is 0 Å². The van der Waals surface area contributed by atoms with Crippen LogP contribution in [0.3, 0.4) is 0 Å². The predicted molar refractivity (Wildman–Crippen MR) is 101 cm³/mol. The van der Waals surface area contributed by atoms with Gasteiger partial charge in [0.05, 0.1) is 24.3 Å². The summed E-state index contributed by atoms with van der Waals surface area (Å²) in [4.78, 5) is 27.2. The Hall–Kier alpha value is -3.12. The average molecular weight is 352 g/mol. The zero-order chi connectivity index (χ0) is 18.5. The first-order valence-corrected chi connectivity index (χ1v) is 8.30. The van der Waals surface area contributed by atoms with Crippen LogP contribution in [0.5, 0.6) is 5.75 Å². The molecular formula is C20H20N2O4. The van der Waals surface area contributed by atoms with Gasteiger partial charge in [-0.05, 0) is 36.8 Å². The molecular weight excluding hydrogens is 332 g/mol. The summed E-state index contributed by atoms with van der Waals surface area (Å²) in [6.45, 7) is 2.68. The van der Waals surface area contributed by atoms with Gasteiger partial charge in [-0.25, -0.2) is 0 Å². The van der Waals surface area contributed by atoms with E-state index >= 15 is 0 Å². The number of hydrogen-bond acceptors (Lipinski definition) is 4. The van der Waals surface area contributed by atoms with Crippen molar-refractivity contribution >= 4 is 22.5 Å². The van der Waals surface area contributed by atoms with Crippen molar-refractivity contribution in [2.45, 2.75) is 13.5 Å². The van der Waals surface area contributed by atoms with E-state index in [0.29, 0.717) is 35.7 Å². The summed E-state index contributed by atoms with van der Waals surface area (Å²) in [5, 5.41) is 3.72. The summed E-state index contributed by atoms with van der Waals surface area (Å²) >= 11 is 0. The highest BCUT2D eigenvalue weighted by molar-refractivity contribution is 6.06. The van der Waals surface area contributed by atoms with E-state index in [9.17, 15) is 9.59 Å². The molecule has 0 unspecified atom stereocenters. The third-order valence-corrected chi connectivity index (χ3v) is 3.92. The van der Waals surface area contributed by atoms with Crippen LogP contribution in [-0.2, 0) is 11.3 Å². The normalized spacial score (nSPS) is 10.7. The number of aromatic amines is 1. The van der Waals surface area contributed by atoms with E-state index < -0.39 is 0 Å². The second-order valence-corrected chi connectivity index (χ2v) is 5.74. The zero-order valence-corrected chi connectivity index (χ0v) is 14.7. The van der Waals surface area contributed by atoms with Crippen LogP contribution < -0.4 is 15.6 Å². The van der Waals surface area contributed by atoms with E-state index in [1.54, 1.807) is 37.4 Å². The molecule has 0 fully saturated rings. The van der Waals surface area contributed by atoms with Crippen LogP contribution in [0.4, 0.5) is 5.69 Å². The fourth-order valence-electron chi connectivity index (χ4n) is 2.82. The molecule has 0 saturated heterocycles. The van der Waals surface area contributed by atoms with E-state index in [0.717, 1.165) is 10.9 Å². The van der Waals surface area contributed by atoms with Crippen molar-refractivity contribution in [1.29, 1.82) is 0 Å². The molecule has 3 aromatic rings. The molecule has 1 aromatic heterocycles. The van der Waals surface area contributed by atoms with E-state index in [2.05, 4.69) is 10.3 Å². The molecule has 3 rings (SSSR count). The molecule has 0 spiro atoms. The smallest absolute Gasteiger partial charge is 0.259 e. The molecule has 0 saturated carbocycles. The first kappa shape index (κ1) is 17.7. The van der Waals surface area contributed by atoms with Gasteiger partial charge < -0.3 is 19.8 Å². The lowest BCUT2D eigenvalue weighted by Crippen LogP contribution is -2.14. The van der Waals surface area contributed by atoms with Gasteiger partial charge in [0.2, 0.25) is 5.56 Å². The molecule has 0 aliphatic carbocycles. The third kappa shape index (κ3) is 3.75. The molecule has 2 N–H and O–H groups in total. The summed E-state index contributed by atoms with van der Waals surface area (Å²) in [5.74, 6) is 0.257. The first-order valence-electron chi connectivity index (χ1n) is 8.30. The Morgan fingerprint density at radius 3 is 2.73 bits per heavy atom. The molecule has 26 heavy (non-hydrogen) atoms. The van der Waals surface area contributed by atoms with E-state index in [1.807, 2.05) is 19.1 Å². The van der Waals surface area contributed by atoms with Crippen LogP contribution in [-0.4, -0.2) is 24.6 Å². The number of carbonyl (C=O) groups is 1. The summed E-state index contributed by atoms with van der Waals surface area (Å²) in [6, 6.07) is 14.0. The number of aromatic nitrogens is 1. The summed E-state index contributed by atoms with van der Waals surface area (Å²) < 4.78 is 10.6. The maximum absolute atomic E-state index is 12.6. The standard InChI is InChI=1S/C20H20N2O4/c1-3-26-18-7-5-4-6-16(18)20(24)21-14-8-9-15-13(12-25-2)10-19(23)22-17(15)11-14/h4-11H,3,12H2,1-2H3,(H,21,24)(H,22,23). The highest BCUT2D eigenvalue weighted by atomic mass is 16.5. The third-order valence-electron chi connectivity index (χ3n) is 3.92.